The molecule has 0 unspecified atom stereocenters. The number of hydrogen-bond donors (Lipinski definition) is 2. The largest absolute Gasteiger partial charge is 0.481 e. The Bertz CT molecular complexity index is 787. The van der Waals surface area contributed by atoms with Crippen molar-refractivity contribution in [1.82, 2.24) is 14.6 Å². The number of ether oxygens (including phenoxy) is 1. The number of pyridine rings is 1. The minimum Gasteiger partial charge on any atom is -0.481 e. The van der Waals surface area contributed by atoms with Crippen LogP contribution in [0.25, 0.3) is 0 Å². The van der Waals surface area contributed by atoms with Gasteiger partial charge in [0, 0.05) is 31.3 Å². The average molecular weight is 401 g/mol. The number of likely N-dealkylation sites (N-methyl/N-ethyl adjacent to an activating group) is 1. The topological polar surface area (TPSA) is 109 Å². The van der Waals surface area contributed by atoms with Crippen LogP contribution in [-0.2, 0) is 14.8 Å². The molecule has 1 fully saturated rings. The molecule has 0 aliphatic carbocycles. The lowest BCUT2D eigenvalue weighted by Crippen LogP contribution is -2.45. The van der Waals surface area contributed by atoms with Crippen LogP contribution in [0.4, 0.5) is 4.39 Å². The molecule has 1 saturated heterocycles. The quantitative estimate of drug-likeness (QED) is 0.678. The fourth-order valence-electron chi connectivity index (χ4n) is 2.70. The van der Waals surface area contributed by atoms with Crippen molar-refractivity contribution < 1.29 is 27.4 Å². The molecule has 2 N–H and O–H groups in total. The first-order chi connectivity index (χ1) is 12.7. The first kappa shape index (κ1) is 21.3. The van der Waals surface area contributed by atoms with Crippen LogP contribution in [0.2, 0.25) is 0 Å². The number of hydrogen-bond acceptors (Lipinski definition) is 6. The Morgan fingerprint density at radius 2 is 2.11 bits per heavy atom. The maximum Gasteiger partial charge on any atom is 0.309 e. The second-order valence-electron chi connectivity index (χ2n) is 6.69. The predicted octanol–water partition coefficient (Wildman–Crippen LogP) is 1.41. The van der Waals surface area contributed by atoms with Crippen molar-refractivity contribution >= 4 is 16.0 Å². The lowest BCUT2D eigenvalue weighted by Gasteiger charge is -2.35. The first-order valence-electron chi connectivity index (χ1n) is 8.48. The van der Waals surface area contributed by atoms with Crippen molar-refractivity contribution in [3.05, 3.63) is 30.2 Å². The summed E-state index contributed by atoms with van der Waals surface area (Å²) in [5.74, 6) is -0.732. The molecule has 8 nitrogen and oxygen atoms in total. The molecule has 0 bridgehead atoms. The third-order valence-corrected chi connectivity index (χ3v) is 6.54. The van der Waals surface area contributed by atoms with Gasteiger partial charge in [-0.1, -0.05) is 0 Å². The van der Waals surface area contributed by atoms with Crippen LogP contribution in [-0.4, -0.2) is 62.1 Å². The molecule has 0 spiro atoms. The summed E-state index contributed by atoms with van der Waals surface area (Å²) < 4.78 is 44.7. The summed E-state index contributed by atoms with van der Waals surface area (Å²) in [5.41, 5.74) is -0.512. The molecule has 2 rings (SSSR count). The first-order valence-corrected chi connectivity index (χ1v) is 9.92. The van der Waals surface area contributed by atoms with Crippen molar-refractivity contribution in [2.24, 2.45) is 5.41 Å². The normalized spacial score (nSPS) is 18.3. The molecule has 0 radical (unpaired) electrons. The van der Waals surface area contributed by atoms with E-state index in [1.54, 1.807) is 14.0 Å². The third-order valence-electron chi connectivity index (χ3n) is 4.65. The smallest absolute Gasteiger partial charge is 0.309 e. The van der Waals surface area contributed by atoms with Gasteiger partial charge in [-0.15, -0.1) is 0 Å². The number of nitrogens with one attached hydrogen (secondary N) is 1. The van der Waals surface area contributed by atoms with E-state index in [4.69, 9.17) is 4.74 Å². The molecule has 1 aromatic rings. The number of carboxylic acids is 1. The van der Waals surface area contributed by atoms with Crippen LogP contribution in [0.1, 0.15) is 19.8 Å². The van der Waals surface area contributed by atoms with Gasteiger partial charge in [0.2, 0.25) is 15.9 Å². The molecular weight excluding hydrogens is 377 g/mol. The Balaban J connectivity index is 2.02. The number of halogens is 1. The minimum atomic E-state index is -3.76. The zero-order valence-electron chi connectivity index (χ0n) is 15.3. The highest BCUT2D eigenvalue weighted by molar-refractivity contribution is 7.89. The summed E-state index contributed by atoms with van der Waals surface area (Å²) in [4.78, 5) is 15.3. The summed E-state index contributed by atoms with van der Waals surface area (Å²) in [5, 5.41) is 12.1. The number of rotatable bonds is 8. The van der Waals surface area contributed by atoms with Gasteiger partial charge >= 0.3 is 5.97 Å². The van der Waals surface area contributed by atoms with Crippen LogP contribution in [0.5, 0.6) is 5.88 Å². The average Bonchev–Trinajstić information content (AvgIpc) is 2.65. The molecule has 150 valence electrons. The molecule has 27 heavy (non-hydrogen) atoms. The van der Waals surface area contributed by atoms with E-state index in [1.165, 1.54) is 22.6 Å². The summed E-state index contributed by atoms with van der Waals surface area (Å²) >= 11 is 0. The number of aromatic nitrogens is 1. The molecule has 1 aliphatic heterocycles. The highest BCUT2D eigenvalue weighted by Gasteiger charge is 2.40. The maximum absolute atomic E-state index is 12.7. The number of carbonyl (C=O) groups is 1. The van der Waals surface area contributed by atoms with E-state index in [0.717, 1.165) is 0 Å². The lowest BCUT2D eigenvalue weighted by molar-refractivity contribution is -0.150. The van der Waals surface area contributed by atoms with Gasteiger partial charge in [0.1, 0.15) is 11.5 Å². The van der Waals surface area contributed by atoms with Gasteiger partial charge in [-0.05, 0) is 32.9 Å². The van der Waals surface area contributed by atoms with Crippen LogP contribution in [0, 0.1) is 5.41 Å². The standard InChI is InChI=1S/C17H24FN3O5S/c1-17(16(22)23)5-7-21(8-6-17)27(24,25)14-3-4-15(20-11-14)26-12-13(9-18)10-19-2/h3-4,9,11,19H,5-8,10,12H2,1-2H3,(H,22,23)/b13-9+. The summed E-state index contributed by atoms with van der Waals surface area (Å²) in [6.45, 7) is 2.22. The Morgan fingerprint density at radius 1 is 1.44 bits per heavy atom. The molecule has 1 aromatic heterocycles. The lowest BCUT2D eigenvalue weighted by atomic mass is 9.81. The fraction of sp³-hybridized carbons (Fsp3) is 0.529. The van der Waals surface area contributed by atoms with E-state index in [-0.39, 0.29) is 43.3 Å². The van der Waals surface area contributed by atoms with Gasteiger partial charge in [0.05, 0.1) is 17.9 Å². The van der Waals surface area contributed by atoms with Crippen molar-refractivity contribution in [2.45, 2.75) is 24.7 Å². The highest BCUT2D eigenvalue weighted by Crippen LogP contribution is 2.33. The van der Waals surface area contributed by atoms with Crippen LogP contribution in [0.15, 0.2) is 35.1 Å². The van der Waals surface area contributed by atoms with E-state index in [1.807, 2.05) is 0 Å². The van der Waals surface area contributed by atoms with E-state index in [2.05, 4.69) is 10.3 Å². The SMILES string of the molecule is CNC/C(=C\F)COc1ccc(S(=O)(=O)N2CCC(C)(C(=O)O)CC2)cn1. The van der Waals surface area contributed by atoms with Crippen molar-refractivity contribution in [3.8, 4) is 5.88 Å². The number of aliphatic carboxylic acids is 1. The maximum atomic E-state index is 12.7. The monoisotopic (exact) mass is 401 g/mol. The molecule has 0 amide bonds. The molecule has 0 atom stereocenters. The zero-order valence-corrected chi connectivity index (χ0v) is 16.1. The Kier molecular flexibility index (Phi) is 6.90. The number of carboxylic acid groups (broad SMARTS) is 1. The van der Waals surface area contributed by atoms with E-state index in [0.29, 0.717) is 18.4 Å². The van der Waals surface area contributed by atoms with Gasteiger partial charge in [0.25, 0.3) is 0 Å². The van der Waals surface area contributed by atoms with Crippen LogP contribution >= 0.6 is 0 Å². The fourth-order valence-corrected chi connectivity index (χ4v) is 4.09. The number of nitrogens with zero attached hydrogens (tertiary/aromatic N) is 2. The molecule has 10 heteroatoms. The van der Waals surface area contributed by atoms with E-state index < -0.39 is 21.4 Å². The molecular formula is C17H24FN3O5S. The van der Waals surface area contributed by atoms with Gasteiger partial charge in [-0.25, -0.2) is 17.8 Å². The highest BCUT2D eigenvalue weighted by atomic mass is 32.2. The molecule has 0 saturated carbocycles. The van der Waals surface area contributed by atoms with Gasteiger partial charge in [-0.3, -0.25) is 4.79 Å². The van der Waals surface area contributed by atoms with Crippen molar-refractivity contribution in [3.63, 3.8) is 0 Å². The van der Waals surface area contributed by atoms with Gasteiger partial charge < -0.3 is 15.2 Å². The van der Waals surface area contributed by atoms with E-state index in [9.17, 15) is 22.7 Å². The number of sulfonamides is 1. The second kappa shape index (κ2) is 8.77. The third kappa shape index (κ3) is 5.02. The van der Waals surface area contributed by atoms with Gasteiger partial charge in [-0.2, -0.15) is 4.31 Å². The zero-order chi connectivity index (χ0) is 20.1. The Morgan fingerprint density at radius 3 is 2.59 bits per heavy atom. The summed E-state index contributed by atoms with van der Waals surface area (Å²) in [6, 6.07) is 2.78. The molecule has 2 heterocycles. The molecule has 1 aliphatic rings. The predicted molar refractivity (Wildman–Crippen MR) is 96.6 cm³/mol. The van der Waals surface area contributed by atoms with E-state index >= 15 is 0 Å². The molecule has 0 aromatic carbocycles. The summed E-state index contributed by atoms with van der Waals surface area (Å²) in [7, 11) is -2.08. The Labute approximate surface area is 158 Å². The van der Waals surface area contributed by atoms with Crippen molar-refractivity contribution in [1.29, 1.82) is 0 Å². The minimum absolute atomic E-state index is 0.00364. The second-order valence-corrected chi connectivity index (χ2v) is 8.63. The summed E-state index contributed by atoms with van der Waals surface area (Å²) in [6.07, 6.45) is 2.14. The number of piperidine rings is 1. The van der Waals surface area contributed by atoms with Gasteiger partial charge in [0.15, 0.2) is 0 Å². The van der Waals surface area contributed by atoms with Crippen LogP contribution in [0.3, 0.4) is 0 Å². The van der Waals surface area contributed by atoms with Crippen molar-refractivity contribution in [2.75, 3.05) is 33.3 Å². The van der Waals surface area contributed by atoms with Crippen LogP contribution < -0.4 is 10.1 Å². The Hall–Kier alpha value is -2.04.